The summed E-state index contributed by atoms with van der Waals surface area (Å²) < 4.78 is 0. The van der Waals surface area contributed by atoms with Gasteiger partial charge in [0.2, 0.25) is 5.91 Å². The van der Waals surface area contributed by atoms with Crippen LogP contribution in [-0.4, -0.2) is 23.8 Å². The Hall–Kier alpha value is -3.65. The molecule has 0 unspecified atom stereocenters. The zero-order valence-electron chi connectivity index (χ0n) is 16.2. The highest BCUT2D eigenvalue weighted by Gasteiger charge is 2.43. The maximum atomic E-state index is 13.0. The average Bonchev–Trinajstić information content (AvgIpc) is 2.71. The van der Waals surface area contributed by atoms with Gasteiger partial charge in [0.25, 0.3) is 11.8 Å². The lowest BCUT2D eigenvalue weighted by molar-refractivity contribution is -0.132. The molecule has 1 saturated heterocycles. The quantitative estimate of drug-likeness (QED) is 0.503. The van der Waals surface area contributed by atoms with Crippen molar-refractivity contribution in [2.45, 2.75) is 13.8 Å². The van der Waals surface area contributed by atoms with Crippen LogP contribution in [0.15, 0.2) is 60.3 Å². The third-order valence-corrected chi connectivity index (χ3v) is 4.85. The number of aryl methyl sites for hydroxylation is 1. The average molecular weight is 427 g/mol. The number of urea groups is 1. The molecule has 1 heterocycles. The Morgan fingerprint density at radius 2 is 1.73 bits per heavy atom. The van der Waals surface area contributed by atoms with Crippen LogP contribution < -0.4 is 21.1 Å². The molecule has 2 aromatic rings. The van der Waals surface area contributed by atoms with Gasteiger partial charge < -0.3 is 5.43 Å². The summed E-state index contributed by atoms with van der Waals surface area (Å²) in [5, 5.41) is 2.43. The molecule has 2 aromatic carbocycles. The summed E-state index contributed by atoms with van der Waals surface area (Å²) in [6.07, 6.45) is 1.47. The number of halogens is 1. The molecular weight excluding hydrogens is 408 g/mol. The van der Waals surface area contributed by atoms with E-state index in [1.165, 1.54) is 12.1 Å². The summed E-state index contributed by atoms with van der Waals surface area (Å²) >= 11 is 6.01. The number of carbonyl (C=O) groups is 4. The molecule has 1 fully saturated rings. The first kappa shape index (κ1) is 21.1. The number of imide groups is 2. The van der Waals surface area contributed by atoms with Gasteiger partial charge in [-0.1, -0.05) is 47.5 Å². The normalized spacial score (nSPS) is 16.9. The predicted molar refractivity (Wildman–Crippen MR) is 112 cm³/mol. The smallest absolute Gasteiger partial charge is 0.301 e. The molecule has 0 radical (unpaired) electrons. The zero-order valence-corrected chi connectivity index (χ0v) is 17.0. The molecule has 1 aliphatic heterocycles. The van der Waals surface area contributed by atoms with Crippen LogP contribution in [0.1, 0.15) is 22.8 Å². The van der Waals surface area contributed by atoms with Crippen molar-refractivity contribution in [3.8, 4) is 0 Å². The van der Waals surface area contributed by atoms with Crippen LogP contribution in [0.5, 0.6) is 0 Å². The summed E-state index contributed by atoms with van der Waals surface area (Å²) in [4.78, 5) is 51.0. The van der Waals surface area contributed by atoms with E-state index in [-0.39, 0.29) is 16.3 Å². The van der Waals surface area contributed by atoms with E-state index in [9.17, 15) is 19.2 Å². The van der Waals surface area contributed by atoms with Crippen LogP contribution in [0.3, 0.4) is 0 Å². The number of anilines is 1. The van der Waals surface area contributed by atoms with Gasteiger partial charge in [0.15, 0.2) is 5.92 Å². The Kier molecular flexibility index (Phi) is 6.17. The van der Waals surface area contributed by atoms with Crippen LogP contribution >= 0.6 is 11.6 Å². The topological polar surface area (TPSA) is 108 Å². The van der Waals surface area contributed by atoms with Crippen molar-refractivity contribution < 1.29 is 19.2 Å². The molecule has 1 atom stereocenters. The lowest BCUT2D eigenvalue weighted by Gasteiger charge is -2.31. The van der Waals surface area contributed by atoms with Crippen LogP contribution in [0.2, 0.25) is 5.02 Å². The number of benzene rings is 2. The van der Waals surface area contributed by atoms with Crippen molar-refractivity contribution in [1.82, 2.24) is 16.2 Å². The largest absolute Gasteiger partial charge is 0.335 e. The number of amides is 5. The monoisotopic (exact) mass is 426 g/mol. The number of barbiturate groups is 1. The van der Waals surface area contributed by atoms with E-state index in [0.29, 0.717) is 5.69 Å². The third-order valence-electron chi connectivity index (χ3n) is 4.52. The van der Waals surface area contributed by atoms with Gasteiger partial charge in [0, 0.05) is 5.70 Å². The number of hydrogen-bond acceptors (Lipinski definition) is 5. The first-order valence-corrected chi connectivity index (χ1v) is 9.44. The maximum absolute atomic E-state index is 13.0. The van der Waals surface area contributed by atoms with Crippen LogP contribution in [-0.2, 0) is 9.59 Å². The van der Waals surface area contributed by atoms with Crippen molar-refractivity contribution in [2.24, 2.45) is 5.92 Å². The summed E-state index contributed by atoms with van der Waals surface area (Å²) in [5.74, 6) is -3.42. The Balaban J connectivity index is 1.81. The first-order chi connectivity index (χ1) is 14.3. The van der Waals surface area contributed by atoms with E-state index >= 15 is 0 Å². The van der Waals surface area contributed by atoms with E-state index in [2.05, 4.69) is 16.2 Å². The Morgan fingerprint density at radius 1 is 1.07 bits per heavy atom. The summed E-state index contributed by atoms with van der Waals surface area (Å²) in [5.41, 5.74) is 6.65. The zero-order chi connectivity index (χ0) is 21.8. The predicted octanol–water partition coefficient (Wildman–Crippen LogP) is 2.69. The van der Waals surface area contributed by atoms with Gasteiger partial charge in [0.05, 0.1) is 16.3 Å². The molecule has 0 aromatic heterocycles. The highest BCUT2D eigenvalue weighted by atomic mass is 35.5. The standard InChI is InChI=1S/C21H19ClN4O4/c1-3-16(24-25-18(27)14-6-4-5-7-15(14)22)17-19(28)23-21(30)26(20(17)29)13-10-8-12(2)9-11-13/h3-11,17,24H,1-2H3,(H,25,27)(H,23,28,30)/b16-3-/t17-/m0/s1. The minimum atomic E-state index is -1.35. The molecule has 154 valence electrons. The number of rotatable bonds is 5. The van der Waals surface area contributed by atoms with E-state index in [1.807, 2.05) is 6.92 Å². The Morgan fingerprint density at radius 3 is 2.37 bits per heavy atom. The molecule has 30 heavy (non-hydrogen) atoms. The number of nitrogens with one attached hydrogen (secondary N) is 3. The second-order valence-corrected chi connectivity index (χ2v) is 6.95. The van der Waals surface area contributed by atoms with E-state index < -0.39 is 29.7 Å². The molecule has 3 rings (SSSR count). The molecule has 8 nitrogen and oxygen atoms in total. The summed E-state index contributed by atoms with van der Waals surface area (Å²) in [6.45, 7) is 3.47. The van der Waals surface area contributed by atoms with E-state index in [1.54, 1.807) is 49.4 Å². The Bertz CT molecular complexity index is 1050. The van der Waals surface area contributed by atoms with Crippen LogP contribution in [0.25, 0.3) is 0 Å². The van der Waals surface area contributed by atoms with Crippen molar-refractivity contribution in [3.63, 3.8) is 0 Å². The van der Waals surface area contributed by atoms with Gasteiger partial charge in [-0.15, -0.1) is 0 Å². The molecule has 0 aliphatic carbocycles. The molecule has 0 bridgehead atoms. The van der Waals surface area contributed by atoms with Crippen LogP contribution in [0.4, 0.5) is 10.5 Å². The molecule has 1 aliphatic rings. The minimum Gasteiger partial charge on any atom is -0.301 e. The van der Waals surface area contributed by atoms with E-state index in [4.69, 9.17) is 11.6 Å². The highest BCUT2D eigenvalue weighted by molar-refractivity contribution is 6.33. The molecule has 9 heteroatoms. The van der Waals surface area contributed by atoms with Gasteiger partial charge in [-0.2, -0.15) is 0 Å². The number of hydrazine groups is 1. The molecule has 0 saturated carbocycles. The van der Waals surface area contributed by atoms with Crippen molar-refractivity contribution >= 4 is 41.0 Å². The first-order valence-electron chi connectivity index (χ1n) is 9.06. The highest BCUT2D eigenvalue weighted by Crippen LogP contribution is 2.24. The van der Waals surface area contributed by atoms with Crippen molar-refractivity contribution in [3.05, 3.63) is 76.5 Å². The van der Waals surface area contributed by atoms with Gasteiger partial charge in [-0.25, -0.2) is 9.69 Å². The fourth-order valence-corrected chi connectivity index (χ4v) is 3.16. The van der Waals surface area contributed by atoms with E-state index in [0.717, 1.165) is 10.5 Å². The number of allylic oxidation sites excluding steroid dienone is 1. The van der Waals surface area contributed by atoms with Gasteiger partial charge >= 0.3 is 6.03 Å². The Labute approximate surface area is 177 Å². The summed E-state index contributed by atoms with van der Waals surface area (Å²) in [6, 6.07) is 12.3. The lowest BCUT2D eigenvalue weighted by atomic mass is 10.00. The van der Waals surface area contributed by atoms with Crippen LogP contribution in [0, 0.1) is 12.8 Å². The molecule has 5 amide bonds. The van der Waals surface area contributed by atoms with Gasteiger partial charge in [-0.05, 0) is 38.1 Å². The number of nitrogens with zero attached hydrogens (tertiary/aromatic N) is 1. The minimum absolute atomic E-state index is 0.113. The summed E-state index contributed by atoms with van der Waals surface area (Å²) in [7, 11) is 0. The fraction of sp³-hybridized carbons (Fsp3) is 0.143. The SMILES string of the molecule is C/C=C(\NNC(=O)c1ccccc1Cl)[C@H]1C(=O)NC(=O)N(c2ccc(C)cc2)C1=O. The fourth-order valence-electron chi connectivity index (χ4n) is 2.94. The number of carbonyl (C=O) groups excluding carboxylic acids is 4. The lowest BCUT2D eigenvalue weighted by Crippen LogP contribution is -2.60. The molecule has 0 spiro atoms. The second-order valence-electron chi connectivity index (χ2n) is 6.54. The van der Waals surface area contributed by atoms with Gasteiger partial charge in [0.1, 0.15) is 0 Å². The third kappa shape index (κ3) is 4.18. The second kappa shape index (κ2) is 8.79. The molecular formula is C21H19ClN4O4. The number of hydrogen-bond donors (Lipinski definition) is 3. The maximum Gasteiger partial charge on any atom is 0.335 e. The van der Waals surface area contributed by atoms with Crippen molar-refractivity contribution in [2.75, 3.05) is 4.90 Å². The molecule has 3 N–H and O–H groups in total. The van der Waals surface area contributed by atoms with Crippen molar-refractivity contribution in [1.29, 1.82) is 0 Å². The van der Waals surface area contributed by atoms with Gasteiger partial charge in [-0.3, -0.25) is 25.1 Å².